The number of rotatable bonds is 3. The zero-order valence-electron chi connectivity index (χ0n) is 8.61. The summed E-state index contributed by atoms with van der Waals surface area (Å²) in [5.41, 5.74) is 0. The van der Waals surface area contributed by atoms with Gasteiger partial charge in [0.2, 0.25) is 0 Å². The Labute approximate surface area is 83.1 Å². The third-order valence-electron chi connectivity index (χ3n) is 0.676. The van der Waals surface area contributed by atoms with Crippen molar-refractivity contribution in [3.63, 3.8) is 0 Å². The van der Waals surface area contributed by atoms with Crippen molar-refractivity contribution in [2.45, 2.75) is 47.0 Å². The molecule has 0 heterocycles. The first-order chi connectivity index (χ1) is 4.65. The van der Waals surface area contributed by atoms with Crippen molar-refractivity contribution in [3.05, 3.63) is 5.92 Å². The molecule has 0 N–H and O–H groups in total. The van der Waals surface area contributed by atoms with Gasteiger partial charge < -0.3 is 10.7 Å². The molecule has 0 spiro atoms. The van der Waals surface area contributed by atoms with Gasteiger partial charge in [-0.05, 0) is 6.42 Å². The van der Waals surface area contributed by atoms with Gasteiger partial charge in [0.15, 0.2) is 0 Å². The Balaban J connectivity index is -0.000000114. The summed E-state index contributed by atoms with van der Waals surface area (Å²) in [4.78, 5) is 9.56. The Morgan fingerprint density at radius 3 is 1.73 bits per heavy atom. The van der Waals surface area contributed by atoms with Gasteiger partial charge in [0.1, 0.15) is 6.29 Å². The molecule has 0 saturated heterocycles. The van der Waals surface area contributed by atoms with Crippen LogP contribution in [-0.2, 0) is 4.79 Å². The van der Waals surface area contributed by atoms with Crippen molar-refractivity contribution in [2.24, 2.45) is 0 Å². The summed E-state index contributed by atoms with van der Waals surface area (Å²) < 4.78 is 0. The molecule has 0 unspecified atom stereocenters. The third kappa shape index (κ3) is 65.7. The van der Waals surface area contributed by atoms with Crippen molar-refractivity contribution in [2.75, 3.05) is 0 Å². The maximum atomic E-state index is 9.56. The normalized spacial score (nSPS) is 7.73. The van der Waals surface area contributed by atoms with Gasteiger partial charge in [-0.1, -0.05) is 13.3 Å². The van der Waals surface area contributed by atoms with Gasteiger partial charge in [-0.15, -0.1) is 0 Å². The van der Waals surface area contributed by atoms with Crippen LogP contribution in [0.3, 0.4) is 0 Å². The van der Waals surface area contributed by atoms with Crippen LogP contribution in [0.5, 0.6) is 0 Å². The zero-order chi connectivity index (χ0) is 8.41. The van der Waals surface area contributed by atoms with Crippen LogP contribution < -0.4 is 18.9 Å². The number of carbonyl (C=O) groups is 1. The van der Waals surface area contributed by atoms with E-state index >= 15 is 0 Å². The molecule has 0 aromatic carbocycles. The molecule has 62 valence electrons. The quantitative estimate of drug-likeness (QED) is 0.239. The van der Waals surface area contributed by atoms with Gasteiger partial charge in [-0.2, -0.15) is 20.8 Å². The molecule has 0 atom stereocenters. The van der Waals surface area contributed by atoms with E-state index in [9.17, 15) is 4.79 Å². The topological polar surface area (TPSA) is 17.1 Å². The summed E-state index contributed by atoms with van der Waals surface area (Å²) in [6.07, 6.45) is 3.86. The van der Waals surface area contributed by atoms with Gasteiger partial charge in [-0.25, -0.2) is 0 Å². The molecule has 0 saturated carbocycles. The van der Waals surface area contributed by atoms with E-state index in [1.54, 1.807) is 0 Å². The molecule has 11 heavy (non-hydrogen) atoms. The number of hydrogen-bond donors (Lipinski definition) is 0. The predicted molar refractivity (Wildman–Crippen MR) is 45.9 cm³/mol. The molecule has 0 rings (SSSR count). The van der Waals surface area contributed by atoms with Gasteiger partial charge in [-0.3, -0.25) is 0 Å². The van der Waals surface area contributed by atoms with Crippen molar-refractivity contribution in [3.8, 4) is 0 Å². The maximum Gasteiger partial charge on any atom is 1.00 e. The Kier molecular flexibility index (Phi) is 26.4. The smallest absolute Gasteiger partial charge is 0.323 e. The zero-order valence-corrected chi connectivity index (χ0v) is 8.61. The molecular weight excluding hydrogens is 131 g/mol. The van der Waals surface area contributed by atoms with Gasteiger partial charge >= 0.3 is 18.9 Å². The van der Waals surface area contributed by atoms with Gasteiger partial charge in [0.05, 0.1) is 0 Å². The van der Waals surface area contributed by atoms with E-state index in [-0.39, 0.29) is 18.9 Å². The van der Waals surface area contributed by atoms with Crippen LogP contribution in [-0.4, -0.2) is 6.29 Å². The molecular formula is C9H19LiO. The van der Waals surface area contributed by atoms with E-state index in [0.29, 0.717) is 0 Å². The van der Waals surface area contributed by atoms with Gasteiger partial charge in [0, 0.05) is 6.42 Å². The SMILES string of the molecule is CCCCC=O.C[C-](C)C.[Li+]. The standard InChI is InChI=1S/C5H10O.C4H9.Li/c1-2-3-4-5-6;1-4(2)3;/h5H,2-4H2,1H3;1-3H3;/q;-1;+1. The Bertz CT molecular complexity index is 59.8. The molecule has 0 fully saturated rings. The van der Waals surface area contributed by atoms with Crippen molar-refractivity contribution in [1.82, 2.24) is 0 Å². The molecule has 2 heteroatoms. The molecule has 0 radical (unpaired) electrons. The van der Waals surface area contributed by atoms with Crippen LogP contribution >= 0.6 is 0 Å². The van der Waals surface area contributed by atoms with Crippen LogP contribution in [0.1, 0.15) is 47.0 Å². The molecule has 0 amide bonds. The molecule has 0 aliphatic heterocycles. The van der Waals surface area contributed by atoms with Crippen LogP contribution in [0.4, 0.5) is 0 Å². The van der Waals surface area contributed by atoms with Crippen LogP contribution in [0, 0.1) is 5.92 Å². The Hall–Kier alpha value is 0.267. The molecule has 0 aromatic heterocycles. The van der Waals surface area contributed by atoms with Crippen molar-refractivity contribution in [1.29, 1.82) is 0 Å². The van der Waals surface area contributed by atoms with Crippen LogP contribution in [0.15, 0.2) is 0 Å². The molecule has 1 nitrogen and oxygen atoms in total. The summed E-state index contributed by atoms with van der Waals surface area (Å²) in [6, 6.07) is 0. The average Bonchev–Trinajstić information content (AvgIpc) is 1.82. The molecule has 0 aromatic rings. The predicted octanol–water partition coefficient (Wildman–Crippen LogP) is 0.0000900. The van der Waals surface area contributed by atoms with E-state index in [2.05, 4.69) is 27.7 Å². The minimum absolute atomic E-state index is 0. The summed E-state index contributed by atoms with van der Waals surface area (Å²) >= 11 is 0. The van der Waals surface area contributed by atoms with Crippen LogP contribution in [0.25, 0.3) is 0 Å². The van der Waals surface area contributed by atoms with E-state index in [1.807, 2.05) is 0 Å². The first-order valence-corrected chi connectivity index (χ1v) is 3.85. The second-order valence-corrected chi connectivity index (χ2v) is 2.81. The average molecular weight is 150 g/mol. The van der Waals surface area contributed by atoms with E-state index in [1.165, 1.54) is 5.92 Å². The number of unbranched alkanes of at least 4 members (excludes halogenated alkanes) is 2. The maximum absolute atomic E-state index is 9.56. The van der Waals surface area contributed by atoms with E-state index in [0.717, 1.165) is 25.5 Å². The number of hydrogen-bond acceptors (Lipinski definition) is 1. The summed E-state index contributed by atoms with van der Waals surface area (Å²) in [5.74, 6) is 1.42. The minimum Gasteiger partial charge on any atom is -0.323 e. The van der Waals surface area contributed by atoms with E-state index < -0.39 is 0 Å². The monoisotopic (exact) mass is 150 g/mol. The van der Waals surface area contributed by atoms with Gasteiger partial charge in [0.25, 0.3) is 0 Å². The molecule has 0 aliphatic carbocycles. The summed E-state index contributed by atoms with van der Waals surface area (Å²) in [5, 5.41) is 0. The molecule has 0 bridgehead atoms. The second-order valence-electron chi connectivity index (χ2n) is 2.81. The van der Waals surface area contributed by atoms with E-state index in [4.69, 9.17) is 0 Å². The number of aldehydes is 1. The fourth-order valence-electron chi connectivity index (χ4n) is 0.287. The summed E-state index contributed by atoms with van der Waals surface area (Å²) in [6.45, 7) is 8.32. The number of carbonyl (C=O) groups excluding carboxylic acids is 1. The summed E-state index contributed by atoms with van der Waals surface area (Å²) in [7, 11) is 0. The van der Waals surface area contributed by atoms with Crippen molar-refractivity contribution >= 4 is 6.29 Å². The Morgan fingerprint density at radius 2 is 1.64 bits per heavy atom. The fraction of sp³-hybridized carbons (Fsp3) is 0.778. The second kappa shape index (κ2) is 16.7. The third-order valence-corrected chi connectivity index (χ3v) is 0.676. The Morgan fingerprint density at radius 1 is 1.27 bits per heavy atom. The fourth-order valence-corrected chi connectivity index (χ4v) is 0.287. The first-order valence-electron chi connectivity index (χ1n) is 3.85. The van der Waals surface area contributed by atoms with Crippen LogP contribution in [0.2, 0.25) is 0 Å². The minimum atomic E-state index is 0. The van der Waals surface area contributed by atoms with Crippen molar-refractivity contribution < 1.29 is 23.7 Å². The largest absolute Gasteiger partial charge is 1.00 e. The first kappa shape index (κ1) is 17.4. The molecule has 0 aliphatic rings.